The van der Waals surface area contributed by atoms with Crippen molar-refractivity contribution < 1.29 is 0 Å². The average molecular weight is 202 g/mol. The first-order chi connectivity index (χ1) is 5.77. The van der Waals surface area contributed by atoms with Crippen LogP contribution in [0.15, 0.2) is 12.7 Å². The third-order valence-corrected chi connectivity index (χ3v) is 5.70. The van der Waals surface area contributed by atoms with Crippen LogP contribution in [0.5, 0.6) is 0 Å². The van der Waals surface area contributed by atoms with Crippen molar-refractivity contribution in [3.63, 3.8) is 0 Å². The normalized spacial score (nSPS) is 29.1. The molecule has 0 amide bonds. The fraction of sp³-hybridized carbons (Fsp3) is 0.800. The molecule has 0 nitrogen and oxygen atoms in total. The minimum absolute atomic E-state index is 0.589. The van der Waals surface area contributed by atoms with E-state index in [0.717, 1.165) is 0 Å². The van der Waals surface area contributed by atoms with Crippen molar-refractivity contribution in [1.29, 1.82) is 0 Å². The van der Waals surface area contributed by atoms with Gasteiger partial charge in [-0.05, 0) is 32.6 Å². The summed E-state index contributed by atoms with van der Waals surface area (Å²) >= 11 is 0. The van der Waals surface area contributed by atoms with E-state index in [-0.39, 0.29) is 0 Å². The van der Waals surface area contributed by atoms with Crippen LogP contribution in [-0.2, 0) is 0 Å². The number of unbranched alkanes of at least 4 members (excludes halogenated alkanes) is 2. The predicted molar refractivity (Wildman–Crippen MR) is 61.7 cm³/mol. The van der Waals surface area contributed by atoms with E-state index in [9.17, 15) is 0 Å². The number of allylic oxidation sites excluding steroid dienone is 1. The highest BCUT2D eigenvalue weighted by atomic mass is 33.1. The zero-order valence-electron chi connectivity index (χ0n) is 7.84. The number of rotatable bonds is 5. The molecule has 1 unspecified atom stereocenters. The van der Waals surface area contributed by atoms with E-state index in [1.165, 1.54) is 37.9 Å². The van der Waals surface area contributed by atoms with Crippen LogP contribution in [0.3, 0.4) is 0 Å². The minimum atomic E-state index is 0.589. The molecule has 2 heteroatoms. The first kappa shape index (κ1) is 10.5. The predicted octanol–water partition coefficient (Wildman–Crippen LogP) is 4.28. The van der Waals surface area contributed by atoms with Crippen LogP contribution < -0.4 is 0 Å². The van der Waals surface area contributed by atoms with Crippen LogP contribution >= 0.6 is 21.6 Å². The second-order valence-corrected chi connectivity index (χ2v) is 6.64. The maximum absolute atomic E-state index is 3.74. The summed E-state index contributed by atoms with van der Waals surface area (Å²) in [5.74, 6) is 1.35. The highest BCUT2D eigenvalue weighted by molar-refractivity contribution is 8.77. The molecule has 0 radical (unpaired) electrons. The topological polar surface area (TPSA) is 0 Å². The summed E-state index contributed by atoms with van der Waals surface area (Å²) in [5.41, 5.74) is 0. The lowest BCUT2D eigenvalue weighted by atomic mass is 9.99. The highest BCUT2D eigenvalue weighted by Gasteiger charge is 2.29. The molecule has 1 saturated heterocycles. The van der Waals surface area contributed by atoms with Crippen LogP contribution in [0.2, 0.25) is 0 Å². The first-order valence-electron chi connectivity index (χ1n) is 4.68. The van der Waals surface area contributed by atoms with Gasteiger partial charge in [-0.25, -0.2) is 0 Å². The summed E-state index contributed by atoms with van der Waals surface area (Å²) in [6.45, 7) is 6.15. The molecular weight excluding hydrogens is 184 g/mol. The fourth-order valence-electron chi connectivity index (χ4n) is 1.44. The van der Waals surface area contributed by atoms with E-state index in [1.54, 1.807) is 0 Å². The second-order valence-electron chi connectivity index (χ2n) is 3.64. The summed E-state index contributed by atoms with van der Waals surface area (Å²) in [7, 11) is 4.13. The lowest BCUT2D eigenvalue weighted by molar-refractivity contribution is 0.541. The van der Waals surface area contributed by atoms with Gasteiger partial charge in [0.05, 0.1) is 0 Å². The van der Waals surface area contributed by atoms with E-state index in [0.29, 0.717) is 4.75 Å². The highest BCUT2D eigenvalue weighted by Crippen LogP contribution is 2.49. The monoisotopic (exact) mass is 202 g/mol. The van der Waals surface area contributed by atoms with E-state index in [1.807, 2.05) is 16.9 Å². The van der Waals surface area contributed by atoms with Crippen molar-refractivity contribution in [2.24, 2.45) is 0 Å². The third kappa shape index (κ3) is 3.44. The maximum Gasteiger partial charge on any atom is 0.0243 e. The van der Waals surface area contributed by atoms with Crippen molar-refractivity contribution in [1.82, 2.24) is 0 Å². The zero-order valence-corrected chi connectivity index (χ0v) is 9.48. The number of hydrogen-bond donors (Lipinski definition) is 0. The molecule has 0 bridgehead atoms. The van der Waals surface area contributed by atoms with E-state index in [2.05, 4.69) is 24.3 Å². The van der Waals surface area contributed by atoms with Gasteiger partial charge in [0.2, 0.25) is 0 Å². The Bertz CT molecular complexity index is 137. The lowest BCUT2D eigenvalue weighted by Gasteiger charge is -2.20. The zero-order chi connectivity index (χ0) is 8.86. The van der Waals surface area contributed by atoms with Gasteiger partial charge in [-0.3, -0.25) is 0 Å². The molecule has 1 fully saturated rings. The molecule has 70 valence electrons. The van der Waals surface area contributed by atoms with Crippen molar-refractivity contribution >= 4 is 21.6 Å². The summed E-state index contributed by atoms with van der Waals surface area (Å²) in [6.07, 6.45) is 8.70. The number of hydrogen-bond acceptors (Lipinski definition) is 2. The summed E-state index contributed by atoms with van der Waals surface area (Å²) < 4.78 is 0.589. The Morgan fingerprint density at radius 2 is 2.33 bits per heavy atom. The lowest BCUT2D eigenvalue weighted by Crippen LogP contribution is -2.15. The first-order valence-corrected chi connectivity index (χ1v) is 7.00. The van der Waals surface area contributed by atoms with Crippen LogP contribution in [0.1, 0.15) is 39.0 Å². The molecule has 12 heavy (non-hydrogen) atoms. The fourth-order valence-corrected chi connectivity index (χ4v) is 4.73. The Morgan fingerprint density at radius 1 is 1.50 bits per heavy atom. The van der Waals surface area contributed by atoms with Gasteiger partial charge in [-0.2, -0.15) is 0 Å². The standard InChI is InChI=1S/C10H18S2/c1-3-4-5-6-7-10(2)8-9-11-12-10/h3H,1,4-9H2,2H3. The summed E-state index contributed by atoms with van der Waals surface area (Å²) in [4.78, 5) is 0. The minimum Gasteiger partial charge on any atom is -0.103 e. The van der Waals surface area contributed by atoms with Crippen LogP contribution in [0.25, 0.3) is 0 Å². The van der Waals surface area contributed by atoms with Crippen molar-refractivity contribution in [2.45, 2.75) is 43.8 Å². The molecule has 1 aliphatic heterocycles. The van der Waals surface area contributed by atoms with Gasteiger partial charge in [0.1, 0.15) is 0 Å². The van der Waals surface area contributed by atoms with Gasteiger partial charge >= 0.3 is 0 Å². The van der Waals surface area contributed by atoms with Gasteiger partial charge < -0.3 is 0 Å². The van der Waals surface area contributed by atoms with Gasteiger partial charge in [0, 0.05) is 10.5 Å². The molecule has 0 aromatic rings. The maximum atomic E-state index is 3.74. The Kier molecular flexibility index (Phi) is 4.59. The molecule has 1 atom stereocenters. The van der Waals surface area contributed by atoms with Crippen molar-refractivity contribution in [3.05, 3.63) is 12.7 Å². The SMILES string of the molecule is C=CCCCCC1(C)CCSS1. The Labute approximate surface area is 84.0 Å². The Balaban J connectivity index is 2.08. The van der Waals surface area contributed by atoms with Crippen LogP contribution in [0, 0.1) is 0 Å². The quantitative estimate of drug-likeness (QED) is 0.371. The van der Waals surface area contributed by atoms with Gasteiger partial charge in [0.15, 0.2) is 0 Å². The van der Waals surface area contributed by atoms with Crippen LogP contribution in [-0.4, -0.2) is 10.5 Å². The molecular formula is C10H18S2. The van der Waals surface area contributed by atoms with Gasteiger partial charge in [0.25, 0.3) is 0 Å². The molecule has 1 rings (SSSR count). The Morgan fingerprint density at radius 3 is 2.92 bits per heavy atom. The molecule has 1 aliphatic rings. The van der Waals surface area contributed by atoms with Gasteiger partial charge in [-0.15, -0.1) is 6.58 Å². The molecule has 0 spiro atoms. The third-order valence-electron chi connectivity index (χ3n) is 2.34. The summed E-state index contributed by atoms with van der Waals surface area (Å²) in [5, 5.41) is 0. The van der Waals surface area contributed by atoms with Crippen molar-refractivity contribution in [2.75, 3.05) is 5.75 Å². The second kappa shape index (κ2) is 5.23. The van der Waals surface area contributed by atoms with Gasteiger partial charge in [-0.1, -0.05) is 34.1 Å². The average Bonchev–Trinajstić information content (AvgIpc) is 2.47. The van der Waals surface area contributed by atoms with E-state index >= 15 is 0 Å². The molecule has 0 saturated carbocycles. The molecule has 0 aromatic heterocycles. The van der Waals surface area contributed by atoms with Crippen LogP contribution in [0.4, 0.5) is 0 Å². The van der Waals surface area contributed by atoms with E-state index < -0.39 is 0 Å². The van der Waals surface area contributed by atoms with E-state index in [4.69, 9.17) is 0 Å². The molecule has 0 aromatic carbocycles. The summed E-state index contributed by atoms with van der Waals surface area (Å²) in [6, 6.07) is 0. The molecule has 0 aliphatic carbocycles. The Hall–Kier alpha value is 0.440. The van der Waals surface area contributed by atoms with Crippen molar-refractivity contribution in [3.8, 4) is 0 Å². The smallest absolute Gasteiger partial charge is 0.0243 e. The largest absolute Gasteiger partial charge is 0.103 e. The molecule has 1 heterocycles. The molecule has 0 N–H and O–H groups in total.